The van der Waals surface area contributed by atoms with Gasteiger partial charge >= 0.3 is 5.97 Å². The number of nitro groups is 1. The number of esters is 1. The van der Waals surface area contributed by atoms with Crippen LogP contribution in [-0.4, -0.2) is 67.2 Å². The summed E-state index contributed by atoms with van der Waals surface area (Å²) in [6.45, 7) is -0.0868. The molecule has 1 fully saturated rings. The zero-order valence-corrected chi connectivity index (χ0v) is 17.7. The highest BCUT2D eigenvalue weighted by atomic mass is 35.5. The third-order valence-electron chi connectivity index (χ3n) is 4.66. The SMILES string of the molecule is O=C(OCC(=O)N1CCN(S(=O)(=O)c2ccc(Cl)cc2)CC1)c1cccc([N+](=O)[O-])c1. The van der Waals surface area contributed by atoms with E-state index >= 15 is 0 Å². The van der Waals surface area contributed by atoms with Crippen molar-refractivity contribution in [1.82, 2.24) is 9.21 Å². The van der Waals surface area contributed by atoms with E-state index in [2.05, 4.69) is 0 Å². The first kappa shape index (κ1) is 22.7. The molecule has 0 bridgehead atoms. The third-order valence-corrected chi connectivity index (χ3v) is 6.83. The van der Waals surface area contributed by atoms with Gasteiger partial charge in [0.25, 0.3) is 11.6 Å². The molecule has 0 aliphatic carbocycles. The summed E-state index contributed by atoms with van der Waals surface area (Å²) in [5.74, 6) is -1.34. The number of amides is 1. The molecule has 0 N–H and O–H groups in total. The average molecular weight is 468 g/mol. The van der Waals surface area contributed by atoms with E-state index in [1.165, 1.54) is 51.7 Å². The number of nitrogens with zero attached hydrogens (tertiary/aromatic N) is 3. The summed E-state index contributed by atoms with van der Waals surface area (Å²) < 4.78 is 31.6. The summed E-state index contributed by atoms with van der Waals surface area (Å²) in [4.78, 5) is 36.1. The van der Waals surface area contributed by atoms with Crippen LogP contribution >= 0.6 is 11.6 Å². The molecule has 2 aromatic rings. The number of sulfonamides is 1. The molecule has 0 atom stereocenters. The lowest BCUT2D eigenvalue weighted by molar-refractivity contribution is -0.384. The predicted octanol–water partition coefficient (Wildman–Crippen LogP) is 1.94. The Hall–Kier alpha value is -3.02. The van der Waals surface area contributed by atoms with Crippen LogP contribution in [0.15, 0.2) is 53.4 Å². The Balaban J connectivity index is 1.53. The van der Waals surface area contributed by atoms with E-state index < -0.39 is 33.4 Å². The topological polar surface area (TPSA) is 127 Å². The first-order valence-corrected chi connectivity index (χ1v) is 11.0. The van der Waals surface area contributed by atoms with Crippen molar-refractivity contribution in [3.05, 3.63) is 69.2 Å². The quantitative estimate of drug-likeness (QED) is 0.361. The molecule has 1 aliphatic rings. The molecule has 31 heavy (non-hydrogen) atoms. The second kappa shape index (κ2) is 9.41. The van der Waals surface area contributed by atoms with Crippen LogP contribution in [0.5, 0.6) is 0 Å². The Morgan fingerprint density at radius 1 is 1.06 bits per heavy atom. The van der Waals surface area contributed by atoms with Crippen molar-refractivity contribution in [3.8, 4) is 0 Å². The van der Waals surface area contributed by atoms with E-state index in [0.29, 0.717) is 5.02 Å². The number of halogens is 1. The van der Waals surface area contributed by atoms with Gasteiger partial charge in [-0.2, -0.15) is 4.31 Å². The van der Waals surface area contributed by atoms with Gasteiger partial charge in [-0.25, -0.2) is 13.2 Å². The maximum Gasteiger partial charge on any atom is 0.338 e. The number of rotatable bonds is 6. The number of hydrogen-bond acceptors (Lipinski definition) is 7. The standard InChI is InChI=1S/C19H18ClN3O7S/c20-15-4-6-17(7-5-15)31(28,29)22-10-8-21(9-11-22)18(24)13-30-19(25)14-2-1-3-16(12-14)23(26)27/h1-7,12H,8-11,13H2. The summed E-state index contributed by atoms with van der Waals surface area (Å²) >= 11 is 5.80. The van der Waals surface area contributed by atoms with Gasteiger partial charge in [-0.3, -0.25) is 14.9 Å². The van der Waals surface area contributed by atoms with Gasteiger partial charge in [-0.05, 0) is 30.3 Å². The van der Waals surface area contributed by atoms with Gasteiger partial charge in [0.1, 0.15) is 0 Å². The predicted molar refractivity (Wildman–Crippen MR) is 110 cm³/mol. The molecule has 0 spiro atoms. The van der Waals surface area contributed by atoms with Gasteiger partial charge in [0.05, 0.1) is 15.4 Å². The summed E-state index contributed by atoms with van der Waals surface area (Å²) in [7, 11) is -3.70. The highest BCUT2D eigenvalue weighted by Gasteiger charge is 2.30. The van der Waals surface area contributed by atoms with Crippen molar-refractivity contribution < 1.29 is 27.7 Å². The Morgan fingerprint density at radius 2 is 1.71 bits per heavy atom. The molecule has 10 nitrogen and oxygen atoms in total. The van der Waals surface area contributed by atoms with Crippen LogP contribution < -0.4 is 0 Å². The number of carbonyl (C=O) groups excluding carboxylic acids is 2. The summed E-state index contributed by atoms with van der Waals surface area (Å²) in [5, 5.41) is 11.2. The maximum absolute atomic E-state index is 12.7. The minimum Gasteiger partial charge on any atom is -0.452 e. The second-order valence-corrected chi connectivity index (χ2v) is 9.00. The molecular formula is C19H18ClN3O7S. The monoisotopic (exact) mass is 467 g/mol. The number of hydrogen-bond donors (Lipinski definition) is 0. The summed E-state index contributed by atoms with van der Waals surface area (Å²) in [6, 6.07) is 10.8. The number of carbonyl (C=O) groups is 2. The number of non-ortho nitro benzene ring substituents is 1. The molecule has 1 saturated heterocycles. The van der Waals surface area contributed by atoms with Crippen LogP contribution in [0.4, 0.5) is 5.69 Å². The number of piperazine rings is 1. The Bertz CT molecular complexity index is 1100. The molecular weight excluding hydrogens is 450 g/mol. The summed E-state index contributed by atoms with van der Waals surface area (Å²) in [5.41, 5.74) is -0.306. The smallest absolute Gasteiger partial charge is 0.338 e. The van der Waals surface area contributed by atoms with Gasteiger partial charge in [0.2, 0.25) is 10.0 Å². The highest BCUT2D eigenvalue weighted by molar-refractivity contribution is 7.89. The number of benzene rings is 2. The van der Waals surface area contributed by atoms with Crippen molar-refractivity contribution in [2.45, 2.75) is 4.90 Å². The minimum atomic E-state index is -3.70. The van der Waals surface area contributed by atoms with E-state index in [-0.39, 0.29) is 42.3 Å². The molecule has 2 aromatic carbocycles. The molecule has 0 saturated carbocycles. The van der Waals surface area contributed by atoms with E-state index in [1.54, 1.807) is 0 Å². The Labute approximate surface area is 183 Å². The highest BCUT2D eigenvalue weighted by Crippen LogP contribution is 2.20. The van der Waals surface area contributed by atoms with Gasteiger partial charge in [0.15, 0.2) is 6.61 Å². The molecule has 1 amide bonds. The van der Waals surface area contributed by atoms with Crippen LogP contribution in [-0.2, 0) is 19.6 Å². The zero-order valence-electron chi connectivity index (χ0n) is 16.1. The lowest BCUT2D eigenvalue weighted by atomic mass is 10.2. The molecule has 0 aromatic heterocycles. The zero-order chi connectivity index (χ0) is 22.6. The van der Waals surface area contributed by atoms with Crippen molar-refractivity contribution in [2.24, 2.45) is 0 Å². The van der Waals surface area contributed by atoms with Gasteiger partial charge in [-0.1, -0.05) is 17.7 Å². The van der Waals surface area contributed by atoms with E-state index in [1.807, 2.05) is 0 Å². The van der Waals surface area contributed by atoms with E-state index in [9.17, 15) is 28.1 Å². The second-order valence-electron chi connectivity index (χ2n) is 6.62. The van der Waals surface area contributed by atoms with Gasteiger partial charge in [0, 0.05) is 43.3 Å². The van der Waals surface area contributed by atoms with Crippen molar-refractivity contribution in [2.75, 3.05) is 32.8 Å². The lowest BCUT2D eigenvalue weighted by Gasteiger charge is -2.33. The fraction of sp³-hybridized carbons (Fsp3) is 0.263. The molecule has 0 unspecified atom stereocenters. The van der Waals surface area contributed by atoms with E-state index in [4.69, 9.17) is 16.3 Å². The van der Waals surface area contributed by atoms with Crippen LogP contribution in [0.2, 0.25) is 5.02 Å². The fourth-order valence-electron chi connectivity index (χ4n) is 2.98. The Kier molecular flexibility index (Phi) is 6.88. The van der Waals surface area contributed by atoms with Gasteiger partial charge < -0.3 is 9.64 Å². The maximum atomic E-state index is 12.7. The van der Waals surface area contributed by atoms with Crippen LogP contribution in [0.1, 0.15) is 10.4 Å². The molecule has 0 radical (unpaired) electrons. The Morgan fingerprint density at radius 3 is 2.32 bits per heavy atom. The normalized spacial score (nSPS) is 14.8. The molecule has 1 heterocycles. The van der Waals surface area contributed by atoms with Crippen LogP contribution in [0.3, 0.4) is 0 Å². The van der Waals surface area contributed by atoms with Crippen LogP contribution in [0.25, 0.3) is 0 Å². The minimum absolute atomic E-state index is 0.0409. The average Bonchev–Trinajstić information content (AvgIpc) is 2.77. The first-order chi connectivity index (χ1) is 14.7. The molecule has 12 heteroatoms. The lowest BCUT2D eigenvalue weighted by Crippen LogP contribution is -2.51. The summed E-state index contributed by atoms with van der Waals surface area (Å²) in [6.07, 6.45) is 0. The third kappa shape index (κ3) is 5.37. The molecule has 164 valence electrons. The van der Waals surface area contributed by atoms with Crippen molar-refractivity contribution >= 4 is 39.2 Å². The van der Waals surface area contributed by atoms with Gasteiger partial charge in [-0.15, -0.1) is 0 Å². The largest absolute Gasteiger partial charge is 0.452 e. The molecule has 1 aliphatic heterocycles. The number of ether oxygens (including phenoxy) is 1. The molecule has 3 rings (SSSR count). The van der Waals surface area contributed by atoms with E-state index in [0.717, 1.165) is 6.07 Å². The number of nitro benzene ring substituents is 1. The van der Waals surface area contributed by atoms with Crippen LogP contribution in [0, 0.1) is 10.1 Å². The van der Waals surface area contributed by atoms with Crippen molar-refractivity contribution in [1.29, 1.82) is 0 Å². The first-order valence-electron chi connectivity index (χ1n) is 9.13. The van der Waals surface area contributed by atoms with Crippen molar-refractivity contribution in [3.63, 3.8) is 0 Å². The fourth-order valence-corrected chi connectivity index (χ4v) is 4.53.